The summed E-state index contributed by atoms with van der Waals surface area (Å²) < 4.78 is 27.7. The molecule has 33 heavy (non-hydrogen) atoms. The van der Waals surface area contributed by atoms with Crippen LogP contribution in [0.25, 0.3) is 22.3 Å². The molecule has 1 fully saturated rings. The van der Waals surface area contributed by atoms with E-state index in [0.29, 0.717) is 46.8 Å². The number of pyridine rings is 1. The number of amides is 1. The number of hydrogen-bond donors (Lipinski definition) is 2. The average Bonchev–Trinajstić information content (AvgIpc) is 3.39. The lowest BCUT2D eigenvalue weighted by Gasteiger charge is -2.10. The molecule has 0 unspecified atom stereocenters. The van der Waals surface area contributed by atoms with Crippen LogP contribution in [0.5, 0.6) is 0 Å². The van der Waals surface area contributed by atoms with Crippen LogP contribution in [-0.4, -0.2) is 48.3 Å². The normalized spacial score (nSPS) is 14.2. The third kappa shape index (κ3) is 3.82. The summed E-state index contributed by atoms with van der Waals surface area (Å²) in [5, 5.41) is 7.44. The van der Waals surface area contributed by atoms with Gasteiger partial charge in [-0.1, -0.05) is 0 Å². The maximum absolute atomic E-state index is 12.4. The quantitative estimate of drug-likeness (QED) is 0.421. The number of hydrogen-bond acceptors (Lipinski definition) is 8. The van der Waals surface area contributed by atoms with Crippen LogP contribution >= 0.6 is 0 Å². The molecule has 3 N–H and O–H groups in total. The van der Waals surface area contributed by atoms with Crippen LogP contribution in [0, 0.1) is 0 Å². The molecule has 4 aromatic heterocycles. The lowest BCUT2D eigenvalue weighted by atomic mass is 10.2. The molecule has 5 rings (SSSR count). The molecule has 0 saturated heterocycles. The molecule has 1 amide bonds. The fourth-order valence-corrected chi connectivity index (χ4v) is 5.09. The highest BCUT2D eigenvalue weighted by molar-refractivity contribution is 7.90. The Labute approximate surface area is 189 Å². The molecule has 12 heteroatoms. The number of anilines is 2. The van der Waals surface area contributed by atoms with E-state index in [9.17, 15) is 13.2 Å². The minimum Gasteiger partial charge on any atom is -0.366 e. The zero-order valence-corrected chi connectivity index (χ0v) is 18.8. The Morgan fingerprint density at radius 2 is 1.97 bits per heavy atom. The predicted octanol–water partition coefficient (Wildman–Crippen LogP) is 2.45. The highest BCUT2D eigenvalue weighted by Crippen LogP contribution is 2.30. The molecule has 11 nitrogen and oxygen atoms in total. The number of nitrogens with two attached hydrogens (primary N) is 1. The van der Waals surface area contributed by atoms with Gasteiger partial charge in [-0.05, 0) is 32.8 Å². The van der Waals surface area contributed by atoms with Crippen molar-refractivity contribution in [1.82, 2.24) is 28.7 Å². The van der Waals surface area contributed by atoms with E-state index in [-0.39, 0.29) is 11.3 Å². The number of fused-ring (bicyclic) bond motifs is 1. The molecule has 0 aromatic carbocycles. The molecule has 0 atom stereocenters. The summed E-state index contributed by atoms with van der Waals surface area (Å²) in [6.07, 6.45) is 9.09. The molecule has 1 aliphatic carbocycles. The molecule has 170 valence electrons. The van der Waals surface area contributed by atoms with Crippen molar-refractivity contribution in [2.24, 2.45) is 5.73 Å². The lowest BCUT2D eigenvalue weighted by Crippen LogP contribution is -2.17. The second-order valence-corrected chi connectivity index (χ2v) is 10.3. The summed E-state index contributed by atoms with van der Waals surface area (Å²) in [5.41, 5.74) is 7.24. The van der Waals surface area contributed by atoms with Crippen molar-refractivity contribution >= 4 is 38.5 Å². The Hall–Kier alpha value is -3.80. The van der Waals surface area contributed by atoms with Gasteiger partial charge in [0.25, 0.3) is 15.9 Å². The molecule has 0 aliphatic heterocycles. The fraction of sp³-hybridized carbons (Fsp3) is 0.286. The van der Waals surface area contributed by atoms with E-state index in [1.165, 1.54) is 12.4 Å². The predicted molar refractivity (Wildman–Crippen MR) is 123 cm³/mol. The number of carbonyl (C=O) groups excluding carboxylic acids is 1. The molecule has 4 aromatic rings. The molecular formula is C21H22N8O3S. The van der Waals surface area contributed by atoms with Gasteiger partial charge >= 0.3 is 0 Å². The molecule has 0 radical (unpaired) electrons. The molecule has 1 aliphatic rings. The first-order chi connectivity index (χ1) is 15.7. The largest absolute Gasteiger partial charge is 0.366 e. The summed E-state index contributed by atoms with van der Waals surface area (Å²) in [6.45, 7) is 4.02. The summed E-state index contributed by atoms with van der Waals surface area (Å²) in [7, 11) is -3.46. The lowest BCUT2D eigenvalue weighted by molar-refractivity contribution is 0.100. The van der Waals surface area contributed by atoms with Crippen LogP contribution in [0.4, 0.5) is 11.6 Å². The van der Waals surface area contributed by atoms with E-state index in [0.717, 1.165) is 9.60 Å². The van der Waals surface area contributed by atoms with Gasteiger partial charge in [0.2, 0.25) is 0 Å². The molecular weight excluding hydrogens is 444 g/mol. The third-order valence-electron chi connectivity index (χ3n) is 5.48. The van der Waals surface area contributed by atoms with E-state index >= 15 is 0 Å². The Bertz CT molecular complexity index is 1480. The van der Waals surface area contributed by atoms with Crippen LogP contribution in [0.15, 0.2) is 43.1 Å². The third-order valence-corrected chi connectivity index (χ3v) is 7.51. The van der Waals surface area contributed by atoms with Crippen molar-refractivity contribution in [2.45, 2.75) is 38.0 Å². The van der Waals surface area contributed by atoms with Crippen LogP contribution in [0.2, 0.25) is 0 Å². The number of carbonyl (C=O) groups is 1. The summed E-state index contributed by atoms with van der Waals surface area (Å²) in [6, 6.07) is 3.62. The van der Waals surface area contributed by atoms with Gasteiger partial charge in [0, 0.05) is 36.1 Å². The van der Waals surface area contributed by atoms with Crippen LogP contribution in [-0.2, 0) is 10.0 Å². The number of nitrogens with zero attached hydrogens (tertiary/aromatic N) is 6. The van der Waals surface area contributed by atoms with Gasteiger partial charge in [-0.2, -0.15) is 9.19 Å². The Kier molecular flexibility index (Phi) is 4.89. The van der Waals surface area contributed by atoms with Crippen LogP contribution in [0.1, 0.15) is 43.1 Å². The van der Waals surface area contributed by atoms with Crippen molar-refractivity contribution in [1.29, 1.82) is 0 Å². The van der Waals surface area contributed by atoms with Gasteiger partial charge in [0.05, 0.1) is 34.3 Å². The van der Waals surface area contributed by atoms with Crippen LogP contribution in [0.3, 0.4) is 0 Å². The van der Waals surface area contributed by atoms with Crippen molar-refractivity contribution in [3.8, 4) is 11.4 Å². The first-order valence-corrected chi connectivity index (χ1v) is 11.9. The van der Waals surface area contributed by atoms with E-state index in [4.69, 9.17) is 5.73 Å². The van der Waals surface area contributed by atoms with Crippen molar-refractivity contribution in [2.75, 3.05) is 5.32 Å². The molecule has 0 bridgehead atoms. The zero-order chi connectivity index (χ0) is 23.3. The molecule has 0 spiro atoms. The highest BCUT2D eigenvalue weighted by Gasteiger charge is 2.37. The minimum absolute atomic E-state index is 0.116. The van der Waals surface area contributed by atoms with Gasteiger partial charge in [-0.25, -0.2) is 23.4 Å². The Balaban J connectivity index is 1.45. The van der Waals surface area contributed by atoms with E-state index in [2.05, 4.69) is 25.4 Å². The van der Waals surface area contributed by atoms with Gasteiger partial charge in [0.15, 0.2) is 5.82 Å². The topological polar surface area (TPSA) is 151 Å². The Morgan fingerprint density at radius 3 is 2.67 bits per heavy atom. The molecule has 1 saturated carbocycles. The standard InChI is InChI=1S/C21H22N8O3S/c1-12(2)28-11-16(20(22)30)15-9-24-19(7-17(15)28)26-18-5-6-23-21(27-18)13-8-25-29(10-13)33(31,32)14-3-4-14/h5-12,14H,3-4H2,1-2H3,(H2,22,30)(H,23,24,26,27). The second kappa shape index (κ2) is 7.66. The van der Waals surface area contributed by atoms with Gasteiger partial charge in [0.1, 0.15) is 11.6 Å². The second-order valence-electron chi connectivity index (χ2n) is 8.23. The summed E-state index contributed by atoms with van der Waals surface area (Å²) in [5.74, 6) is 0.823. The van der Waals surface area contributed by atoms with Crippen molar-refractivity contribution in [3.63, 3.8) is 0 Å². The number of aromatic nitrogens is 6. The van der Waals surface area contributed by atoms with Gasteiger partial charge < -0.3 is 15.6 Å². The maximum atomic E-state index is 12.4. The SMILES string of the molecule is CC(C)n1cc(C(N)=O)c2cnc(Nc3ccnc(-c4cnn(S(=O)(=O)C5CC5)c4)n3)cc21. The van der Waals surface area contributed by atoms with Gasteiger partial charge in [-0.15, -0.1) is 0 Å². The average molecular weight is 467 g/mol. The first kappa shape index (κ1) is 21.1. The zero-order valence-electron chi connectivity index (χ0n) is 18.0. The van der Waals surface area contributed by atoms with Crippen molar-refractivity contribution in [3.05, 3.63) is 48.7 Å². The molecule has 4 heterocycles. The van der Waals surface area contributed by atoms with Crippen molar-refractivity contribution < 1.29 is 13.2 Å². The summed E-state index contributed by atoms with van der Waals surface area (Å²) >= 11 is 0. The van der Waals surface area contributed by atoms with E-state index in [1.807, 2.05) is 24.5 Å². The fourth-order valence-electron chi connectivity index (χ4n) is 3.61. The number of nitrogens with one attached hydrogen (secondary N) is 1. The summed E-state index contributed by atoms with van der Waals surface area (Å²) in [4.78, 5) is 24.9. The van der Waals surface area contributed by atoms with Gasteiger partial charge in [-0.3, -0.25) is 4.79 Å². The van der Waals surface area contributed by atoms with E-state index in [1.54, 1.807) is 24.7 Å². The first-order valence-electron chi connectivity index (χ1n) is 10.4. The number of rotatable bonds is 7. The smallest absolute Gasteiger partial charge is 0.256 e. The Morgan fingerprint density at radius 1 is 1.18 bits per heavy atom. The number of primary amides is 1. The van der Waals surface area contributed by atoms with Crippen LogP contribution < -0.4 is 11.1 Å². The monoisotopic (exact) mass is 466 g/mol. The maximum Gasteiger partial charge on any atom is 0.256 e. The highest BCUT2D eigenvalue weighted by atomic mass is 32.2. The minimum atomic E-state index is -3.46. The van der Waals surface area contributed by atoms with E-state index < -0.39 is 15.9 Å².